The highest BCUT2D eigenvalue weighted by atomic mass is 16.6. The van der Waals surface area contributed by atoms with Gasteiger partial charge in [-0.2, -0.15) is 0 Å². The lowest BCUT2D eigenvalue weighted by Gasteiger charge is -2.01. The van der Waals surface area contributed by atoms with Crippen molar-refractivity contribution in [1.29, 1.82) is 0 Å². The Balaban J connectivity index is 1.82. The second-order valence-electron chi connectivity index (χ2n) is 6.11. The van der Waals surface area contributed by atoms with Gasteiger partial charge in [0.05, 0.1) is 12.2 Å². The minimum atomic E-state index is 0.493. The lowest BCUT2D eigenvalue weighted by atomic mass is 10.0. The van der Waals surface area contributed by atoms with Crippen LogP contribution in [-0.4, -0.2) is 12.2 Å². The number of rotatable bonds is 14. The van der Waals surface area contributed by atoms with Gasteiger partial charge in [-0.3, -0.25) is 0 Å². The number of hydrogen-bond donors (Lipinski definition) is 0. The summed E-state index contributed by atoms with van der Waals surface area (Å²) in [6, 6.07) is 0. The van der Waals surface area contributed by atoms with Crippen LogP contribution in [0.3, 0.4) is 0 Å². The molecule has 0 saturated carbocycles. The lowest BCUT2D eigenvalue weighted by Crippen LogP contribution is -1.92. The maximum atomic E-state index is 5.70. The average molecular weight is 290 g/mol. The largest absolute Gasteiger partial charge is 0.369 e. The molecule has 2 atom stereocenters. The van der Waals surface area contributed by atoms with E-state index in [-0.39, 0.29) is 0 Å². The van der Waals surface area contributed by atoms with Gasteiger partial charge >= 0.3 is 0 Å². The zero-order chi connectivity index (χ0) is 15.2. The molecule has 1 rings (SSSR count). The van der Waals surface area contributed by atoms with Gasteiger partial charge in [0, 0.05) is 0 Å². The van der Waals surface area contributed by atoms with Crippen molar-refractivity contribution in [3.63, 3.8) is 0 Å². The van der Waals surface area contributed by atoms with E-state index in [4.69, 9.17) is 4.74 Å². The molecule has 0 aliphatic carbocycles. The van der Waals surface area contributed by atoms with Crippen LogP contribution in [0.2, 0.25) is 0 Å². The van der Waals surface area contributed by atoms with E-state index in [1.54, 1.807) is 6.08 Å². The first kappa shape index (κ1) is 18.2. The fourth-order valence-electron chi connectivity index (χ4n) is 2.73. The standard InChI is InChI=1S/C20H34O/c1-3-5-7-9-10-11-12-14-16-18-20-19(21-20)17-15-13-8-6-4-2/h4,6,8,13,15,19-20H,2-3,5,7,9-12,14,16-18H2,1H3. The van der Waals surface area contributed by atoms with Gasteiger partial charge in [0.2, 0.25) is 0 Å². The Bertz CT molecular complexity index is 303. The molecule has 1 heteroatoms. The summed E-state index contributed by atoms with van der Waals surface area (Å²) in [5.41, 5.74) is 0. The van der Waals surface area contributed by atoms with Crippen LogP contribution in [0, 0.1) is 0 Å². The summed E-state index contributed by atoms with van der Waals surface area (Å²) in [5, 5.41) is 0. The highest BCUT2D eigenvalue weighted by Crippen LogP contribution is 2.30. The van der Waals surface area contributed by atoms with Crippen LogP contribution in [-0.2, 0) is 4.74 Å². The number of ether oxygens (including phenoxy) is 1. The molecule has 0 aromatic heterocycles. The summed E-state index contributed by atoms with van der Waals surface area (Å²) >= 11 is 0. The fourth-order valence-corrected chi connectivity index (χ4v) is 2.73. The predicted molar refractivity (Wildman–Crippen MR) is 93.6 cm³/mol. The van der Waals surface area contributed by atoms with E-state index in [0.29, 0.717) is 12.2 Å². The van der Waals surface area contributed by atoms with Crippen LogP contribution in [0.5, 0.6) is 0 Å². The first-order valence-corrected chi connectivity index (χ1v) is 8.98. The molecule has 0 spiro atoms. The second kappa shape index (κ2) is 12.9. The Morgan fingerprint density at radius 2 is 1.48 bits per heavy atom. The van der Waals surface area contributed by atoms with E-state index in [2.05, 4.69) is 25.7 Å². The van der Waals surface area contributed by atoms with E-state index in [1.807, 2.05) is 12.2 Å². The molecule has 0 N–H and O–H groups in total. The van der Waals surface area contributed by atoms with Crippen molar-refractivity contribution in [1.82, 2.24) is 0 Å². The van der Waals surface area contributed by atoms with Crippen molar-refractivity contribution >= 4 is 0 Å². The van der Waals surface area contributed by atoms with E-state index in [9.17, 15) is 0 Å². The maximum Gasteiger partial charge on any atom is 0.0876 e. The van der Waals surface area contributed by atoms with Gasteiger partial charge < -0.3 is 4.74 Å². The molecule has 1 aliphatic heterocycles. The number of hydrogen-bond acceptors (Lipinski definition) is 1. The maximum absolute atomic E-state index is 5.70. The molecule has 0 bridgehead atoms. The summed E-state index contributed by atoms with van der Waals surface area (Å²) in [6.07, 6.45) is 26.0. The van der Waals surface area contributed by atoms with Gasteiger partial charge in [0.25, 0.3) is 0 Å². The third-order valence-electron chi connectivity index (χ3n) is 4.14. The van der Waals surface area contributed by atoms with Crippen LogP contribution >= 0.6 is 0 Å². The smallest absolute Gasteiger partial charge is 0.0876 e. The van der Waals surface area contributed by atoms with Gasteiger partial charge in [-0.1, -0.05) is 102 Å². The zero-order valence-corrected chi connectivity index (χ0v) is 13.9. The first-order chi connectivity index (χ1) is 10.4. The molecule has 120 valence electrons. The molecule has 0 radical (unpaired) electrons. The highest BCUT2D eigenvalue weighted by Gasteiger charge is 2.36. The molecule has 2 unspecified atom stereocenters. The Morgan fingerprint density at radius 3 is 2.14 bits per heavy atom. The summed E-state index contributed by atoms with van der Waals surface area (Å²) in [7, 11) is 0. The average Bonchev–Trinajstić information content (AvgIpc) is 3.24. The van der Waals surface area contributed by atoms with Crippen molar-refractivity contribution in [3.05, 3.63) is 37.0 Å². The van der Waals surface area contributed by atoms with Gasteiger partial charge in [-0.25, -0.2) is 0 Å². The molecular weight excluding hydrogens is 256 g/mol. The van der Waals surface area contributed by atoms with Gasteiger partial charge in [0.15, 0.2) is 0 Å². The van der Waals surface area contributed by atoms with Crippen molar-refractivity contribution in [2.24, 2.45) is 0 Å². The first-order valence-electron chi connectivity index (χ1n) is 8.98. The van der Waals surface area contributed by atoms with E-state index in [0.717, 1.165) is 6.42 Å². The minimum Gasteiger partial charge on any atom is -0.369 e. The van der Waals surface area contributed by atoms with Crippen molar-refractivity contribution in [2.45, 2.75) is 89.8 Å². The molecule has 0 aromatic rings. The molecule has 1 heterocycles. The van der Waals surface area contributed by atoms with Crippen molar-refractivity contribution < 1.29 is 4.74 Å². The predicted octanol–water partition coefficient (Wildman–Crippen LogP) is 6.36. The summed E-state index contributed by atoms with van der Waals surface area (Å²) in [6.45, 7) is 5.92. The molecule has 0 amide bonds. The summed E-state index contributed by atoms with van der Waals surface area (Å²) in [4.78, 5) is 0. The molecular formula is C20H34O. The third kappa shape index (κ3) is 10.5. The quantitative estimate of drug-likeness (QED) is 0.206. The minimum absolute atomic E-state index is 0.493. The molecule has 1 nitrogen and oxygen atoms in total. The molecule has 21 heavy (non-hydrogen) atoms. The van der Waals surface area contributed by atoms with Crippen LogP contribution in [0.4, 0.5) is 0 Å². The number of allylic oxidation sites excluding steroid dienone is 4. The van der Waals surface area contributed by atoms with E-state index >= 15 is 0 Å². The summed E-state index contributed by atoms with van der Waals surface area (Å²) < 4.78 is 5.70. The monoisotopic (exact) mass is 290 g/mol. The molecule has 1 aliphatic rings. The van der Waals surface area contributed by atoms with Crippen molar-refractivity contribution in [3.8, 4) is 0 Å². The van der Waals surface area contributed by atoms with E-state index < -0.39 is 0 Å². The summed E-state index contributed by atoms with van der Waals surface area (Å²) in [5.74, 6) is 0. The van der Waals surface area contributed by atoms with Gasteiger partial charge in [-0.15, -0.1) is 0 Å². The van der Waals surface area contributed by atoms with Crippen molar-refractivity contribution in [2.75, 3.05) is 0 Å². The zero-order valence-electron chi connectivity index (χ0n) is 13.9. The number of unbranched alkanes of at least 4 members (excludes halogenated alkanes) is 8. The highest BCUT2D eigenvalue weighted by molar-refractivity contribution is 5.09. The van der Waals surface area contributed by atoms with Crippen LogP contribution in [0.25, 0.3) is 0 Å². The lowest BCUT2D eigenvalue weighted by molar-refractivity contribution is 0.358. The van der Waals surface area contributed by atoms with Gasteiger partial charge in [-0.05, 0) is 12.8 Å². The van der Waals surface area contributed by atoms with Gasteiger partial charge in [0.1, 0.15) is 0 Å². The Kier molecular flexibility index (Phi) is 11.2. The normalized spacial score (nSPS) is 21.4. The number of epoxide rings is 1. The second-order valence-corrected chi connectivity index (χ2v) is 6.11. The third-order valence-corrected chi connectivity index (χ3v) is 4.14. The van der Waals surface area contributed by atoms with Crippen LogP contribution < -0.4 is 0 Å². The Hall–Kier alpha value is -0.820. The topological polar surface area (TPSA) is 12.5 Å². The molecule has 1 fully saturated rings. The fraction of sp³-hybridized carbons (Fsp3) is 0.700. The Labute approximate surface area is 132 Å². The van der Waals surface area contributed by atoms with E-state index in [1.165, 1.54) is 64.2 Å². The SMILES string of the molecule is C=CC=CC=CCC1OC1CCCCCCCCCCC. The molecule has 1 saturated heterocycles. The van der Waals surface area contributed by atoms with Crippen LogP contribution in [0.15, 0.2) is 37.0 Å². The van der Waals surface area contributed by atoms with Crippen LogP contribution in [0.1, 0.15) is 77.6 Å². The Morgan fingerprint density at radius 1 is 0.810 bits per heavy atom. The molecule has 0 aromatic carbocycles.